The van der Waals surface area contributed by atoms with E-state index in [0.717, 1.165) is 0 Å². The van der Waals surface area contributed by atoms with Crippen molar-refractivity contribution in [3.63, 3.8) is 0 Å². The Morgan fingerprint density at radius 1 is 1.30 bits per heavy atom. The van der Waals surface area contributed by atoms with Crippen LogP contribution in [-0.4, -0.2) is 37.4 Å². The highest BCUT2D eigenvalue weighted by atomic mass is 35.5. The molecule has 6 heteroatoms. The number of benzene rings is 1. The van der Waals surface area contributed by atoms with Crippen molar-refractivity contribution in [1.29, 1.82) is 0 Å². The maximum absolute atomic E-state index is 11.6. The highest BCUT2D eigenvalue weighted by Gasteiger charge is 2.04. The van der Waals surface area contributed by atoms with Crippen molar-refractivity contribution in [2.75, 3.05) is 20.6 Å². The molecule has 0 saturated carbocycles. The molecular formula is C14H16Cl2N2O2. The van der Waals surface area contributed by atoms with Gasteiger partial charge in [0.15, 0.2) is 0 Å². The average molecular weight is 315 g/mol. The molecular weight excluding hydrogens is 299 g/mol. The van der Waals surface area contributed by atoms with Crippen molar-refractivity contribution >= 4 is 41.1 Å². The fourth-order valence-electron chi connectivity index (χ4n) is 1.38. The Hall–Kier alpha value is -1.52. The molecule has 1 aromatic rings. The predicted molar refractivity (Wildman–Crippen MR) is 81.8 cm³/mol. The second-order valence-corrected chi connectivity index (χ2v) is 5.17. The second kappa shape index (κ2) is 7.92. The molecule has 0 radical (unpaired) electrons. The molecule has 0 atom stereocenters. The Balaban J connectivity index is 2.46. The molecule has 0 aromatic heterocycles. The normalized spacial score (nSPS) is 10.6. The molecule has 2 amide bonds. The molecule has 0 bridgehead atoms. The number of nitrogens with one attached hydrogen (secondary N) is 1. The van der Waals surface area contributed by atoms with Gasteiger partial charge in [0.05, 0.1) is 0 Å². The number of carbonyl (C=O) groups is 2. The van der Waals surface area contributed by atoms with Crippen LogP contribution in [0.1, 0.15) is 12.0 Å². The van der Waals surface area contributed by atoms with E-state index in [1.165, 1.54) is 11.0 Å². The number of hydrogen-bond acceptors (Lipinski definition) is 2. The van der Waals surface area contributed by atoms with Crippen LogP contribution in [0.15, 0.2) is 24.3 Å². The van der Waals surface area contributed by atoms with Crippen molar-refractivity contribution in [1.82, 2.24) is 10.2 Å². The number of carbonyl (C=O) groups excluding carboxylic acids is 2. The van der Waals surface area contributed by atoms with Gasteiger partial charge in [0.1, 0.15) is 0 Å². The number of halogens is 2. The molecule has 0 fully saturated rings. The van der Waals surface area contributed by atoms with Crippen LogP contribution >= 0.6 is 23.2 Å². The van der Waals surface area contributed by atoms with Gasteiger partial charge in [-0.25, -0.2) is 0 Å². The van der Waals surface area contributed by atoms with Gasteiger partial charge in [-0.2, -0.15) is 0 Å². The molecule has 0 unspecified atom stereocenters. The first-order valence-electron chi connectivity index (χ1n) is 6.01. The fourth-order valence-corrected chi connectivity index (χ4v) is 1.85. The zero-order valence-electron chi connectivity index (χ0n) is 11.3. The average Bonchev–Trinajstić information content (AvgIpc) is 2.37. The molecule has 0 aliphatic carbocycles. The van der Waals surface area contributed by atoms with Crippen molar-refractivity contribution in [3.05, 3.63) is 39.9 Å². The summed E-state index contributed by atoms with van der Waals surface area (Å²) in [5.74, 6) is -0.308. The Morgan fingerprint density at radius 3 is 2.60 bits per heavy atom. The zero-order valence-corrected chi connectivity index (χ0v) is 12.8. The molecule has 0 saturated heterocycles. The summed E-state index contributed by atoms with van der Waals surface area (Å²) in [6.45, 7) is 0.300. The first kappa shape index (κ1) is 16.5. The molecule has 1 N–H and O–H groups in total. The Kier molecular flexibility index (Phi) is 6.55. The van der Waals surface area contributed by atoms with E-state index < -0.39 is 0 Å². The van der Waals surface area contributed by atoms with Crippen molar-refractivity contribution in [2.45, 2.75) is 6.42 Å². The summed E-state index contributed by atoms with van der Waals surface area (Å²) in [4.78, 5) is 24.3. The molecule has 0 aliphatic rings. The van der Waals surface area contributed by atoms with E-state index in [0.29, 0.717) is 22.2 Å². The van der Waals surface area contributed by atoms with Crippen LogP contribution in [0, 0.1) is 0 Å². The second-order valence-electron chi connectivity index (χ2n) is 4.33. The highest BCUT2D eigenvalue weighted by molar-refractivity contribution is 6.35. The quantitative estimate of drug-likeness (QED) is 0.849. The predicted octanol–water partition coefficient (Wildman–Crippen LogP) is 2.60. The minimum absolute atomic E-state index is 0.0324. The lowest BCUT2D eigenvalue weighted by molar-refractivity contribution is -0.128. The van der Waals surface area contributed by atoms with Crippen molar-refractivity contribution < 1.29 is 9.59 Å². The third-order valence-electron chi connectivity index (χ3n) is 2.51. The van der Waals surface area contributed by atoms with Crippen LogP contribution in [0.5, 0.6) is 0 Å². The van der Waals surface area contributed by atoms with E-state index >= 15 is 0 Å². The monoisotopic (exact) mass is 314 g/mol. The molecule has 1 rings (SSSR count). The summed E-state index contributed by atoms with van der Waals surface area (Å²) >= 11 is 11.8. The lowest BCUT2D eigenvalue weighted by Gasteiger charge is -2.09. The summed E-state index contributed by atoms with van der Waals surface area (Å²) < 4.78 is 0. The van der Waals surface area contributed by atoms with Crippen LogP contribution in [0.2, 0.25) is 10.0 Å². The summed E-state index contributed by atoms with van der Waals surface area (Å²) in [6, 6.07) is 5.03. The molecule has 4 nitrogen and oxygen atoms in total. The van der Waals surface area contributed by atoms with Crippen LogP contribution in [0.4, 0.5) is 0 Å². The molecule has 0 spiro atoms. The maximum atomic E-state index is 11.6. The van der Waals surface area contributed by atoms with E-state index in [9.17, 15) is 9.59 Å². The molecule has 0 heterocycles. The molecule has 1 aromatic carbocycles. The lowest BCUT2D eigenvalue weighted by Crippen LogP contribution is -2.29. The van der Waals surface area contributed by atoms with Gasteiger partial charge < -0.3 is 10.2 Å². The van der Waals surface area contributed by atoms with Crippen molar-refractivity contribution in [2.24, 2.45) is 0 Å². The fraction of sp³-hybridized carbons (Fsp3) is 0.286. The van der Waals surface area contributed by atoms with Gasteiger partial charge in [0.2, 0.25) is 11.8 Å². The first-order valence-corrected chi connectivity index (χ1v) is 6.77. The summed E-state index contributed by atoms with van der Waals surface area (Å²) in [5, 5.41) is 3.64. The number of nitrogens with zero attached hydrogens (tertiary/aromatic N) is 1. The minimum Gasteiger partial charge on any atom is -0.352 e. The summed E-state index contributed by atoms with van der Waals surface area (Å²) in [6.07, 6.45) is 3.24. The topological polar surface area (TPSA) is 49.4 Å². The van der Waals surface area contributed by atoms with Gasteiger partial charge in [0, 0.05) is 43.2 Å². The van der Waals surface area contributed by atoms with E-state index in [1.54, 1.807) is 38.4 Å². The van der Waals surface area contributed by atoms with Gasteiger partial charge in [-0.3, -0.25) is 9.59 Å². The number of rotatable bonds is 5. The Morgan fingerprint density at radius 2 is 2.00 bits per heavy atom. The van der Waals surface area contributed by atoms with Crippen molar-refractivity contribution in [3.8, 4) is 0 Å². The minimum atomic E-state index is -0.275. The van der Waals surface area contributed by atoms with E-state index in [2.05, 4.69) is 5.32 Å². The van der Waals surface area contributed by atoms with E-state index in [-0.39, 0.29) is 18.2 Å². The third kappa shape index (κ3) is 5.63. The van der Waals surface area contributed by atoms with Gasteiger partial charge in [-0.15, -0.1) is 0 Å². The highest BCUT2D eigenvalue weighted by Crippen LogP contribution is 2.21. The molecule has 0 aliphatic heterocycles. The van der Waals surface area contributed by atoms with Crippen LogP contribution in [0.25, 0.3) is 6.08 Å². The maximum Gasteiger partial charge on any atom is 0.244 e. The largest absolute Gasteiger partial charge is 0.352 e. The number of amides is 2. The Bertz CT molecular complexity index is 528. The summed E-state index contributed by atoms with van der Waals surface area (Å²) in [7, 11) is 3.35. The summed E-state index contributed by atoms with van der Waals surface area (Å²) in [5.41, 5.74) is 0.704. The molecule has 108 valence electrons. The van der Waals surface area contributed by atoms with Crippen LogP contribution in [0.3, 0.4) is 0 Å². The smallest absolute Gasteiger partial charge is 0.244 e. The SMILES string of the molecule is CN(C)C(=O)CCNC(=O)/C=C/c1ccc(Cl)cc1Cl. The number of hydrogen-bond donors (Lipinski definition) is 1. The first-order chi connectivity index (χ1) is 9.40. The Labute approximate surface area is 128 Å². The van der Waals surface area contributed by atoms with Gasteiger partial charge in [0.25, 0.3) is 0 Å². The van der Waals surface area contributed by atoms with Crippen LogP contribution in [-0.2, 0) is 9.59 Å². The van der Waals surface area contributed by atoms with E-state index in [1.807, 2.05) is 0 Å². The van der Waals surface area contributed by atoms with E-state index in [4.69, 9.17) is 23.2 Å². The molecule has 20 heavy (non-hydrogen) atoms. The standard InChI is InChI=1S/C14H16Cl2N2O2/c1-18(2)14(20)7-8-17-13(19)6-4-10-3-5-11(15)9-12(10)16/h3-6,9H,7-8H2,1-2H3,(H,17,19)/b6-4+. The van der Waals surface area contributed by atoms with Gasteiger partial charge in [-0.1, -0.05) is 29.3 Å². The van der Waals surface area contributed by atoms with Gasteiger partial charge in [-0.05, 0) is 23.8 Å². The lowest BCUT2D eigenvalue weighted by atomic mass is 10.2. The third-order valence-corrected chi connectivity index (χ3v) is 3.08. The van der Waals surface area contributed by atoms with Gasteiger partial charge >= 0.3 is 0 Å². The zero-order chi connectivity index (χ0) is 15.1. The van der Waals surface area contributed by atoms with Crippen LogP contribution < -0.4 is 5.32 Å².